The fourth-order valence-electron chi connectivity index (χ4n) is 3.96. The van der Waals surface area contributed by atoms with Gasteiger partial charge in [-0.15, -0.1) is 12.4 Å². The van der Waals surface area contributed by atoms with Gasteiger partial charge in [0.25, 0.3) is 0 Å². The van der Waals surface area contributed by atoms with Crippen molar-refractivity contribution in [2.45, 2.75) is 12.3 Å². The SMILES string of the molecule is Cl.O=C(C(c1ccccc1)c1ccccc1)N1CCN(CCc2ccccn2)CC1. The Balaban J connectivity index is 0.00000256. The summed E-state index contributed by atoms with van der Waals surface area (Å²) in [6.07, 6.45) is 2.80. The third-order valence-corrected chi connectivity index (χ3v) is 5.61. The number of nitrogens with zero attached hydrogens (tertiary/aromatic N) is 3. The molecule has 4 nitrogen and oxygen atoms in total. The molecule has 4 rings (SSSR count). The minimum atomic E-state index is -0.238. The molecule has 0 N–H and O–H groups in total. The Kier molecular flexibility index (Phi) is 8.00. The number of carbonyl (C=O) groups is 1. The average molecular weight is 422 g/mol. The fraction of sp³-hybridized carbons (Fsp3) is 0.280. The molecule has 156 valence electrons. The molecule has 1 saturated heterocycles. The smallest absolute Gasteiger partial charge is 0.234 e. The van der Waals surface area contributed by atoms with Crippen molar-refractivity contribution < 1.29 is 4.79 Å². The molecule has 5 heteroatoms. The fourth-order valence-corrected chi connectivity index (χ4v) is 3.96. The lowest BCUT2D eigenvalue weighted by Crippen LogP contribution is -2.50. The van der Waals surface area contributed by atoms with E-state index in [1.807, 2.05) is 59.6 Å². The van der Waals surface area contributed by atoms with E-state index in [1.165, 1.54) is 0 Å². The van der Waals surface area contributed by atoms with Crippen LogP contribution in [0.4, 0.5) is 0 Å². The molecule has 0 unspecified atom stereocenters. The first kappa shape index (κ1) is 22.0. The summed E-state index contributed by atoms with van der Waals surface area (Å²) in [6, 6.07) is 26.3. The van der Waals surface area contributed by atoms with Gasteiger partial charge in [-0.2, -0.15) is 0 Å². The van der Waals surface area contributed by atoms with Crippen molar-refractivity contribution in [2.24, 2.45) is 0 Å². The van der Waals surface area contributed by atoms with Crippen LogP contribution in [0.25, 0.3) is 0 Å². The topological polar surface area (TPSA) is 36.4 Å². The van der Waals surface area contributed by atoms with Gasteiger partial charge < -0.3 is 4.90 Å². The standard InChI is InChI=1S/C25H27N3O.ClH/c29-25(24(21-9-3-1-4-10-21)22-11-5-2-6-12-22)28-19-17-27(18-20-28)16-14-23-13-7-8-15-26-23;/h1-13,15,24H,14,16-20H2;1H. The van der Waals surface area contributed by atoms with Crippen LogP contribution in [0.15, 0.2) is 85.1 Å². The van der Waals surface area contributed by atoms with Crippen molar-refractivity contribution in [2.75, 3.05) is 32.7 Å². The molecule has 1 aliphatic heterocycles. The van der Waals surface area contributed by atoms with Gasteiger partial charge in [-0.05, 0) is 23.3 Å². The molecule has 0 spiro atoms. The predicted octanol–water partition coefficient (Wildman–Crippen LogP) is 4.02. The first-order valence-electron chi connectivity index (χ1n) is 10.3. The minimum absolute atomic E-state index is 0. The highest BCUT2D eigenvalue weighted by Crippen LogP contribution is 2.27. The van der Waals surface area contributed by atoms with E-state index in [-0.39, 0.29) is 24.2 Å². The summed E-state index contributed by atoms with van der Waals surface area (Å²) in [5.41, 5.74) is 3.24. The van der Waals surface area contributed by atoms with Gasteiger partial charge in [-0.3, -0.25) is 14.7 Å². The van der Waals surface area contributed by atoms with E-state index < -0.39 is 0 Å². The van der Waals surface area contributed by atoms with Gasteiger partial charge in [0.15, 0.2) is 0 Å². The molecule has 0 radical (unpaired) electrons. The van der Waals surface area contributed by atoms with Crippen molar-refractivity contribution >= 4 is 18.3 Å². The van der Waals surface area contributed by atoms with Crippen LogP contribution in [-0.4, -0.2) is 53.4 Å². The number of halogens is 1. The van der Waals surface area contributed by atoms with Crippen LogP contribution in [0.1, 0.15) is 22.7 Å². The zero-order valence-corrected chi connectivity index (χ0v) is 17.9. The summed E-state index contributed by atoms with van der Waals surface area (Å²) in [5.74, 6) is -0.0377. The van der Waals surface area contributed by atoms with Crippen molar-refractivity contribution in [3.8, 4) is 0 Å². The molecule has 30 heavy (non-hydrogen) atoms. The normalized spacial score (nSPS) is 14.4. The summed E-state index contributed by atoms with van der Waals surface area (Å²) in [4.78, 5) is 22.3. The first-order valence-corrected chi connectivity index (χ1v) is 10.3. The summed E-state index contributed by atoms with van der Waals surface area (Å²) in [7, 11) is 0. The van der Waals surface area contributed by atoms with Gasteiger partial charge in [0.2, 0.25) is 5.91 Å². The zero-order chi connectivity index (χ0) is 19.9. The van der Waals surface area contributed by atoms with Crippen LogP contribution in [-0.2, 0) is 11.2 Å². The molecule has 2 heterocycles. The third kappa shape index (κ3) is 5.47. The van der Waals surface area contributed by atoms with E-state index in [1.54, 1.807) is 0 Å². The maximum atomic E-state index is 13.5. The number of pyridine rings is 1. The predicted molar refractivity (Wildman–Crippen MR) is 123 cm³/mol. The zero-order valence-electron chi connectivity index (χ0n) is 17.1. The Morgan fingerprint density at radius 2 is 1.37 bits per heavy atom. The Morgan fingerprint density at radius 1 is 0.800 bits per heavy atom. The molecule has 1 fully saturated rings. The van der Waals surface area contributed by atoms with E-state index in [4.69, 9.17) is 0 Å². The van der Waals surface area contributed by atoms with Crippen molar-refractivity contribution in [1.82, 2.24) is 14.8 Å². The lowest BCUT2D eigenvalue weighted by Gasteiger charge is -2.36. The van der Waals surface area contributed by atoms with Gasteiger partial charge in [-0.25, -0.2) is 0 Å². The van der Waals surface area contributed by atoms with E-state index in [9.17, 15) is 4.79 Å². The molecule has 1 aliphatic rings. The molecule has 0 bridgehead atoms. The number of hydrogen-bond donors (Lipinski definition) is 0. The summed E-state index contributed by atoms with van der Waals surface area (Å²) >= 11 is 0. The minimum Gasteiger partial charge on any atom is -0.339 e. The molecule has 0 atom stereocenters. The molecule has 1 amide bonds. The molecular formula is C25H28ClN3O. The Hall–Kier alpha value is -2.69. The lowest BCUT2D eigenvalue weighted by molar-refractivity contribution is -0.133. The van der Waals surface area contributed by atoms with Gasteiger partial charge >= 0.3 is 0 Å². The van der Waals surface area contributed by atoms with Crippen LogP contribution < -0.4 is 0 Å². The number of hydrogen-bond acceptors (Lipinski definition) is 3. The summed E-state index contributed by atoms with van der Waals surface area (Å²) in [5, 5.41) is 0. The monoisotopic (exact) mass is 421 g/mol. The summed E-state index contributed by atoms with van der Waals surface area (Å²) < 4.78 is 0. The maximum absolute atomic E-state index is 13.5. The maximum Gasteiger partial charge on any atom is 0.234 e. The molecule has 1 aromatic heterocycles. The largest absolute Gasteiger partial charge is 0.339 e. The molecule has 0 saturated carbocycles. The number of rotatable bonds is 6. The van der Waals surface area contributed by atoms with Crippen molar-refractivity contribution in [3.05, 3.63) is 102 Å². The van der Waals surface area contributed by atoms with Crippen LogP contribution in [0.2, 0.25) is 0 Å². The number of aromatic nitrogens is 1. The molecule has 0 aliphatic carbocycles. The van der Waals surface area contributed by atoms with E-state index >= 15 is 0 Å². The Bertz CT molecular complexity index is 858. The average Bonchev–Trinajstić information content (AvgIpc) is 2.80. The second kappa shape index (κ2) is 10.9. The van der Waals surface area contributed by atoms with Gasteiger partial charge in [0.1, 0.15) is 0 Å². The van der Waals surface area contributed by atoms with Gasteiger partial charge in [0, 0.05) is 51.0 Å². The third-order valence-electron chi connectivity index (χ3n) is 5.61. The van der Waals surface area contributed by atoms with E-state index in [0.29, 0.717) is 0 Å². The number of piperazine rings is 1. The van der Waals surface area contributed by atoms with E-state index in [0.717, 1.165) is 56.0 Å². The van der Waals surface area contributed by atoms with Crippen LogP contribution in [0, 0.1) is 0 Å². The quantitative estimate of drug-likeness (QED) is 0.603. The molecular weight excluding hydrogens is 394 g/mol. The van der Waals surface area contributed by atoms with Gasteiger partial charge in [0.05, 0.1) is 5.92 Å². The number of benzene rings is 2. The first-order chi connectivity index (χ1) is 14.3. The van der Waals surface area contributed by atoms with Crippen LogP contribution >= 0.6 is 12.4 Å². The highest BCUT2D eigenvalue weighted by molar-refractivity contribution is 5.87. The Morgan fingerprint density at radius 3 is 1.90 bits per heavy atom. The highest BCUT2D eigenvalue weighted by Gasteiger charge is 2.29. The molecule has 3 aromatic rings. The van der Waals surface area contributed by atoms with Gasteiger partial charge in [-0.1, -0.05) is 66.7 Å². The summed E-state index contributed by atoms with van der Waals surface area (Å²) in [6.45, 7) is 4.36. The van der Waals surface area contributed by atoms with Crippen LogP contribution in [0.3, 0.4) is 0 Å². The van der Waals surface area contributed by atoms with Crippen LogP contribution in [0.5, 0.6) is 0 Å². The van der Waals surface area contributed by atoms with Crippen molar-refractivity contribution in [3.63, 3.8) is 0 Å². The second-order valence-corrected chi connectivity index (χ2v) is 7.49. The number of amides is 1. The lowest BCUT2D eigenvalue weighted by atomic mass is 9.90. The second-order valence-electron chi connectivity index (χ2n) is 7.49. The van der Waals surface area contributed by atoms with E-state index in [2.05, 4.69) is 40.2 Å². The molecule has 2 aromatic carbocycles. The van der Waals surface area contributed by atoms with Crippen molar-refractivity contribution in [1.29, 1.82) is 0 Å². The number of carbonyl (C=O) groups excluding carboxylic acids is 1. The Labute approximate surface area is 185 Å². The highest BCUT2D eigenvalue weighted by atomic mass is 35.5.